The molecular weight excluding hydrogens is 352 g/mol. The summed E-state index contributed by atoms with van der Waals surface area (Å²) >= 11 is 0. The van der Waals surface area contributed by atoms with E-state index in [-0.39, 0.29) is 0 Å². The molecule has 29 heavy (non-hydrogen) atoms. The van der Waals surface area contributed by atoms with Crippen molar-refractivity contribution in [2.24, 2.45) is 0 Å². The Kier molecular flexibility index (Phi) is 2.77. The van der Waals surface area contributed by atoms with Crippen LogP contribution >= 0.6 is 0 Å². The van der Waals surface area contributed by atoms with E-state index >= 15 is 0 Å². The summed E-state index contributed by atoms with van der Waals surface area (Å²) < 4.78 is 2.40. The lowest BCUT2D eigenvalue weighted by molar-refractivity contribution is 1.33. The highest BCUT2D eigenvalue weighted by atomic mass is 14.9. The molecule has 3 aromatic heterocycles. The Labute approximate surface area is 166 Å². The molecule has 0 atom stereocenters. The van der Waals surface area contributed by atoms with Crippen molar-refractivity contribution in [3.05, 3.63) is 97.2 Å². The minimum atomic E-state index is 1.05. The van der Waals surface area contributed by atoms with Gasteiger partial charge in [-0.2, -0.15) is 0 Å². The van der Waals surface area contributed by atoms with Gasteiger partial charge in [-0.05, 0) is 46.5 Å². The van der Waals surface area contributed by atoms with Gasteiger partial charge in [0.1, 0.15) is 0 Å². The number of fused-ring (bicyclic) bond motifs is 11. The number of nitrogens with zero attached hydrogens (tertiary/aromatic N) is 2. The van der Waals surface area contributed by atoms with Gasteiger partial charge in [-0.3, -0.25) is 4.98 Å². The normalized spacial score (nSPS) is 12.1. The maximum atomic E-state index is 4.76. The summed E-state index contributed by atoms with van der Waals surface area (Å²) in [5, 5.41) is 8.76. The second-order valence-corrected chi connectivity index (χ2v) is 7.71. The average Bonchev–Trinajstić information content (AvgIpc) is 3.17. The predicted octanol–water partition coefficient (Wildman–Crippen LogP) is 7.10. The summed E-state index contributed by atoms with van der Waals surface area (Å²) in [6.07, 6.45) is 1.89. The lowest BCUT2D eigenvalue weighted by atomic mass is 9.99. The number of hydrogen-bond donors (Lipinski definition) is 0. The van der Waals surface area contributed by atoms with Crippen molar-refractivity contribution in [1.29, 1.82) is 0 Å². The molecule has 0 aliphatic heterocycles. The Hall–Kier alpha value is -3.91. The summed E-state index contributed by atoms with van der Waals surface area (Å²) in [4.78, 5) is 4.76. The van der Waals surface area contributed by atoms with E-state index in [0.717, 1.165) is 11.0 Å². The zero-order valence-electron chi connectivity index (χ0n) is 15.6. The smallest absolute Gasteiger partial charge is 0.0949 e. The standard InChI is InChI=1S/C27H16N2/c1-2-7-18-15-23-19(14-17(18)6-1)11-12-22-21-9-5-13-28-26(21)25-16-20-8-3-4-10-24(20)29(25)27(22)23/h1-16H. The van der Waals surface area contributed by atoms with Crippen LogP contribution in [0.25, 0.3) is 59.8 Å². The molecule has 0 radical (unpaired) electrons. The molecule has 134 valence electrons. The quantitative estimate of drug-likeness (QED) is 0.206. The molecule has 0 bridgehead atoms. The Morgan fingerprint density at radius 1 is 0.517 bits per heavy atom. The molecule has 7 aromatic rings. The van der Waals surface area contributed by atoms with Crippen LogP contribution < -0.4 is 0 Å². The minimum absolute atomic E-state index is 1.05. The molecule has 0 amide bonds. The van der Waals surface area contributed by atoms with Crippen molar-refractivity contribution >= 4 is 59.8 Å². The summed E-state index contributed by atoms with van der Waals surface area (Å²) in [6, 6.07) is 32.8. The Balaban J connectivity index is 1.88. The molecule has 0 saturated heterocycles. The summed E-state index contributed by atoms with van der Waals surface area (Å²) in [5.74, 6) is 0. The topological polar surface area (TPSA) is 17.3 Å². The molecule has 3 heterocycles. The number of aromatic nitrogens is 2. The third-order valence-electron chi connectivity index (χ3n) is 6.13. The first-order valence-electron chi connectivity index (χ1n) is 9.91. The van der Waals surface area contributed by atoms with Gasteiger partial charge < -0.3 is 4.40 Å². The van der Waals surface area contributed by atoms with Crippen LogP contribution in [0.4, 0.5) is 0 Å². The zero-order chi connectivity index (χ0) is 18.9. The van der Waals surface area contributed by atoms with Gasteiger partial charge in [0.25, 0.3) is 0 Å². The molecule has 0 fully saturated rings. The largest absolute Gasteiger partial charge is 0.306 e. The van der Waals surface area contributed by atoms with Gasteiger partial charge in [-0.1, -0.05) is 60.7 Å². The fourth-order valence-corrected chi connectivity index (χ4v) is 4.85. The number of benzene rings is 4. The molecule has 2 heteroatoms. The zero-order valence-corrected chi connectivity index (χ0v) is 15.6. The summed E-state index contributed by atoms with van der Waals surface area (Å²) in [6.45, 7) is 0. The third-order valence-corrected chi connectivity index (χ3v) is 6.13. The predicted molar refractivity (Wildman–Crippen MR) is 123 cm³/mol. The fraction of sp³-hybridized carbons (Fsp3) is 0. The van der Waals surface area contributed by atoms with E-state index in [9.17, 15) is 0 Å². The van der Waals surface area contributed by atoms with Crippen LogP contribution in [0, 0.1) is 0 Å². The molecular formula is C27H16N2. The van der Waals surface area contributed by atoms with Crippen LogP contribution in [0.3, 0.4) is 0 Å². The SMILES string of the molecule is c1ccc2cc3c(ccc4c5cccnc5c5cc6ccccc6n5c34)cc2c1. The molecule has 2 nitrogen and oxygen atoms in total. The van der Waals surface area contributed by atoms with Crippen molar-refractivity contribution in [1.82, 2.24) is 9.38 Å². The van der Waals surface area contributed by atoms with Gasteiger partial charge in [0.15, 0.2) is 0 Å². The third kappa shape index (κ3) is 1.93. The van der Waals surface area contributed by atoms with Crippen LogP contribution in [0.15, 0.2) is 97.2 Å². The summed E-state index contributed by atoms with van der Waals surface area (Å²) in [5.41, 5.74) is 4.69. The van der Waals surface area contributed by atoms with E-state index in [1.54, 1.807) is 0 Å². The van der Waals surface area contributed by atoms with Crippen molar-refractivity contribution in [3.63, 3.8) is 0 Å². The Bertz CT molecular complexity index is 1760. The summed E-state index contributed by atoms with van der Waals surface area (Å²) in [7, 11) is 0. The molecule has 4 aromatic carbocycles. The molecule has 0 saturated carbocycles. The van der Waals surface area contributed by atoms with Gasteiger partial charge in [-0.15, -0.1) is 0 Å². The van der Waals surface area contributed by atoms with Crippen molar-refractivity contribution in [3.8, 4) is 0 Å². The lowest BCUT2D eigenvalue weighted by Gasteiger charge is -2.13. The van der Waals surface area contributed by atoms with Gasteiger partial charge in [0.05, 0.1) is 22.1 Å². The highest BCUT2D eigenvalue weighted by Gasteiger charge is 2.15. The van der Waals surface area contributed by atoms with Crippen LogP contribution in [0.5, 0.6) is 0 Å². The van der Waals surface area contributed by atoms with E-state index in [0.29, 0.717) is 0 Å². The Morgan fingerprint density at radius 2 is 1.31 bits per heavy atom. The first-order chi connectivity index (χ1) is 14.4. The molecule has 0 N–H and O–H groups in total. The molecule has 0 aliphatic rings. The Morgan fingerprint density at radius 3 is 2.21 bits per heavy atom. The molecule has 0 aliphatic carbocycles. The highest BCUT2D eigenvalue weighted by Crippen LogP contribution is 2.37. The van der Waals surface area contributed by atoms with E-state index in [2.05, 4.69) is 89.3 Å². The van der Waals surface area contributed by atoms with Crippen molar-refractivity contribution in [2.45, 2.75) is 0 Å². The maximum Gasteiger partial charge on any atom is 0.0949 e. The van der Waals surface area contributed by atoms with Crippen LogP contribution in [-0.4, -0.2) is 9.38 Å². The average molecular weight is 368 g/mol. The van der Waals surface area contributed by atoms with Crippen LogP contribution in [-0.2, 0) is 0 Å². The number of rotatable bonds is 0. The highest BCUT2D eigenvalue weighted by molar-refractivity contribution is 6.21. The first kappa shape index (κ1) is 15.1. The van der Waals surface area contributed by atoms with Gasteiger partial charge in [0, 0.05) is 27.7 Å². The van der Waals surface area contributed by atoms with Gasteiger partial charge in [0.2, 0.25) is 0 Å². The minimum Gasteiger partial charge on any atom is -0.306 e. The number of hydrogen-bond acceptors (Lipinski definition) is 1. The van der Waals surface area contributed by atoms with E-state index in [4.69, 9.17) is 4.98 Å². The van der Waals surface area contributed by atoms with Crippen molar-refractivity contribution < 1.29 is 0 Å². The van der Waals surface area contributed by atoms with Crippen LogP contribution in [0.1, 0.15) is 0 Å². The first-order valence-corrected chi connectivity index (χ1v) is 9.91. The van der Waals surface area contributed by atoms with Crippen LogP contribution in [0.2, 0.25) is 0 Å². The molecule has 0 unspecified atom stereocenters. The van der Waals surface area contributed by atoms with E-state index < -0.39 is 0 Å². The second kappa shape index (κ2) is 5.33. The number of para-hydroxylation sites is 1. The van der Waals surface area contributed by atoms with E-state index in [1.807, 2.05) is 12.3 Å². The van der Waals surface area contributed by atoms with Gasteiger partial charge in [-0.25, -0.2) is 0 Å². The molecule has 0 spiro atoms. The fourth-order valence-electron chi connectivity index (χ4n) is 4.85. The lowest BCUT2D eigenvalue weighted by Crippen LogP contribution is -1.93. The monoisotopic (exact) mass is 368 g/mol. The molecule has 7 rings (SSSR count). The maximum absolute atomic E-state index is 4.76. The van der Waals surface area contributed by atoms with Gasteiger partial charge >= 0.3 is 0 Å². The second-order valence-electron chi connectivity index (χ2n) is 7.71. The number of pyridine rings is 2. The van der Waals surface area contributed by atoms with Crippen molar-refractivity contribution in [2.75, 3.05) is 0 Å². The van der Waals surface area contributed by atoms with E-state index in [1.165, 1.54) is 48.7 Å².